The molecule has 1 amide bonds. The van der Waals surface area contributed by atoms with Crippen molar-refractivity contribution in [3.8, 4) is 11.5 Å². The predicted octanol–water partition coefficient (Wildman–Crippen LogP) is 5.74. The van der Waals surface area contributed by atoms with Crippen LogP contribution in [0.4, 0.5) is 5.82 Å². The topological polar surface area (TPSA) is 71.0 Å². The average Bonchev–Trinajstić information content (AvgIpc) is 3.44. The van der Waals surface area contributed by atoms with Gasteiger partial charge in [-0.05, 0) is 48.2 Å². The first-order valence-electron chi connectivity index (χ1n) is 13.9. The van der Waals surface area contributed by atoms with E-state index >= 15 is 0 Å². The van der Waals surface area contributed by atoms with Crippen molar-refractivity contribution in [2.75, 3.05) is 51.0 Å². The van der Waals surface area contributed by atoms with E-state index in [-0.39, 0.29) is 12.7 Å². The molecule has 212 valence electrons. The molecule has 2 aliphatic rings. The molecule has 1 saturated heterocycles. The van der Waals surface area contributed by atoms with E-state index in [1.54, 1.807) is 0 Å². The maximum atomic E-state index is 13.3. The van der Waals surface area contributed by atoms with Gasteiger partial charge in [-0.1, -0.05) is 55.4 Å². The van der Waals surface area contributed by atoms with Gasteiger partial charge in [0.15, 0.2) is 16.7 Å². The number of hydrogen-bond acceptors (Lipinski definition) is 8. The fraction of sp³-hybridized carbons (Fsp3) is 0.433. The van der Waals surface area contributed by atoms with Crippen LogP contribution in [-0.2, 0) is 12.3 Å². The van der Waals surface area contributed by atoms with Crippen LogP contribution in [0.2, 0.25) is 5.15 Å². The second-order valence-corrected chi connectivity index (χ2v) is 11.4. The maximum absolute atomic E-state index is 13.3. The summed E-state index contributed by atoms with van der Waals surface area (Å²) in [5.41, 5.74) is 2.96. The van der Waals surface area contributed by atoms with E-state index in [0.29, 0.717) is 34.7 Å². The standard InChI is InChI=1S/C30H36ClN5O3S/c1-3-10-35(11-4-2)28-18-27(31)32-30(33-28)40-20-23-6-5-7-24(16-23)29(37)36-14-12-34(13-15-36)19-22-8-9-25-26(17-22)39-21-38-25/h5-9,16-18H,3-4,10-15,19-21H2,1-2H3. The zero-order chi connectivity index (χ0) is 27.9. The lowest BCUT2D eigenvalue weighted by Crippen LogP contribution is -2.48. The number of anilines is 1. The normalized spacial score (nSPS) is 14.9. The number of nitrogens with zero attached hydrogens (tertiary/aromatic N) is 5. The van der Waals surface area contributed by atoms with Gasteiger partial charge in [-0.15, -0.1) is 0 Å². The van der Waals surface area contributed by atoms with Crippen LogP contribution >= 0.6 is 23.4 Å². The molecule has 0 N–H and O–H groups in total. The van der Waals surface area contributed by atoms with Gasteiger partial charge in [0.05, 0.1) is 0 Å². The molecule has 0 aliphatic carbocycles. The number of ether oxygens (including phenoxy) is 2. The first-order chi connectivity index (χ1) is 19.5. The molecule has 0 bridgehead atoms. The fourth-order valence-electron chi connectivity index (χ4n) is 5.02. The Hall–Kier alpha value is -3.01. The van der Waals surface area contributed by atoms with Crippen LogP contribution in [0.3, 0.4) is 0 Å². The van der Waals surface area contributed by atoms with E-state index in [1.165, 1.54) is 17.3 Å². The second kappa shape index (κ2) is 13.6. The van der Waals surface area contributed by atoms with E-state index < -0.39 is 0 Å². The summed E-state index contributed by atoms with van der Waals surface area (Å²) in [5, 5.41) is 1.10. The van der Waals surface area contributed by atoms with Gasteiger partial charge in [0.1, 0.15) is 11.0 Å². The van der Waals surface area contributed by atoms with Gasteiger partial charge in [-0.3, -0.25) is 9.69 Å². The van der Waals surface area contributed by atoms with Crippen molar-refractivity contribution in [2.24, 2.45) is 0 Å². The first-order valence-corrected chi connectivity index (χ1v) is 15.3. The summed E-state index contributed by atoms with van der Waals surface area (Å²) >= 11 is 7.89. The van der Waals surface area contributed by atoms with Crippen LogP contribution in [0.1, 0.15) is 48.2 Å². The number of fused-ring (bicyclic) bond motifs is 1. The zero-order valence-corrected chi connectivity index (χ0v) is 24.7. The van der Waals surface area contributed by atoms with Crippen molar-refractivity contribution in [3.05, 3.63) is 70.4 Å². The molecular weight excluding hydrogens is 546 g/mol. The summed E-state index contributed by atoms with van der Waals surface area (Å²) in [6.07, 6.45) is 2.08. The number of halogens is 1. The van der Waals surface area contributed by atoms with Crippen LogP contribution in [-0.4, -0.2) is 71.7 Å². The van der Waals surface area contributed by atoms with Crippen molar-refractivity contribution < 1.29 is 14.3 Å². The lowest BCUT2D eigenvalue weighted by molar-refractivity contribution is 0.0628. The molecule has 8 nitrogen and oxygen atoms in total. The zero-order valence-electron chi connectivity index (χ0n) is 23.1. The van der Waals surface area contributed by atoms with E-state index in [0.717, 1.165) is 68.4 Å². The molecule has 10 heteroatoms. The molecule has 0 spiro atoms. The van der Waals surface area contributed by atoms with Crippen molar-refractivity contribution in [3.63, 3.8) is 0 Å². The molecule has 2 aliphatic heterocycles. The smallest absolute Gasteiger partial charge is 0.253 e. The van der Waals surface area contributed by atoms with Crippen LogP contribution in [0.5, 0.6) is 11.5 Å². The van der Waals surface area contributed by atoms with Crippen LogP contribution in [0.15, 0.2) is 53.7 Å². The number of rotatable bonds is 11. The molecule has 0 atom stereocenters. The highest BCUT2D eigenvalue weighted by molar-refractivity contribution is 7.98. The van der Waals surface area contributed by atoms with Gasteiger partial charge in [0, 0.05) is 63.2 Å². The largest absolute Gasteiger partial charge is 0.454 e. The van der Waals surface area contributed by atoms with Crippen molar-refractivity contribution in [1.82, 2.24) is 19.8 Å². The molecule has 40 heavy (non-hydrogen) atoms. The van der Waals surface area contributed by atoms with Crippen molar-refractivity contribution >= 4 is 35.1 Å². The Bertz CT molecular complexity index is 1310. The number of carbonyl (C=O) groups excluding carboxylic acids is 1. The summed E-state index contributed by atoms with van der Waals surface area (Å²) < 4.78 is 10.9. The van der Waals surface area contributed by atoms with Gasteiger partial charge in [-0.25, -0.2) is 9.97 Å². The lowest BCUT2D eigenvalue weighted by atomic mass is 10.1. The summed E-state index contributed by atoms with van der Waals surface area (Å²) in [4.78, 5) is 29.1. The third-order valence-electron chi connectivity index (χ3n) is 7.02. The molecule has 0 unspecified atom stereocenters. The third-order valence-corrected chi connectivity index (χ3v) is 8.13. The molecule has 3 heterocycles. The van der Waals surface area contributed by atoms with Gasteiger partial charge in [0.2, 0.25) is 6.79 Å². The number of carbonyl (C=O) groups is 1. The number of piperazine rings is 1. The SMILES string of the molecule is CCCN(CCC)c1cc(Cl)nc(SCc2cccc(C(=O)N3CCN(Cc4ccc5c(c4)OCO5)CC3)c2)n1. The highest BCUT2D eigenvalue weighted by Gasteiger charge is 2.23. The summed E-state index contributed by atoms with van der Waals surface area (Å²) in [5.74, 6) is 3.21. The van der Waals surface area contributed by atoms with E-state index in [9.17, 15) is 4.79 Å². The van der Waals surface area contributed by atoms with E-state index in [2.05, 4.69) is 34.7 Å². The quantitative estimate of drug-likeness (QED) is 0.161. The number of aromatic nitrogens is 2. The minimum atomic E-state index is 0.0747. The Morgan fingerprint density at radius 3 is 2.50 bits per heavy atom. The maximum Gasteiger partial charge on any atom is 0.253 e. The molecule has 1 aromatic heterocycles. The van der Waals surface area contributed by atoms with E-state index in [4.69, 9.17) is 26.1 Å². The molecule has 0 radical (unpaired) electrons. The average molecular weight is 582 g/mol. The van der Waals surface area contributed by atoms with Crippen molar-refractivity contribution in [1.29, 1.82) is 0 Å². The van der Waals surface area contributed by atoms with Gasteiger partial charge in [0.25, 0.3) is 5.91 Å². The summed E-state index contributed by atoms with van der Waals surface area (Å²) in [6.45, 7) is 10.4. The minimum Gasteiger partial charge on any atom is -0.454 e. The molecule has 5 rings (SSSR count). The second-order valence-electron chi connectivity index (χ2n) is 10.1. The van der Waals surface area contributed by atoms with Crippen molar-refractivity contribution in [2.45, 2.75) is 44.1 Å². The van der Waals surface area contributed by atoms with E-state index in [1.807, 2.05) is 47.4 Å². The third kappa shape index (κ3) is 7.19. The van der Waals surface area contributed by atoms with Gasteiger partial charge >= 0.3 is 0 Å². The molecule has 0 saturated carbocycles. The summed E-state index contributed by atoms with van der Waals surface area (Å²) in [7, 11) is 0. The summed E-state index contributed by atoms with van der Waals surface area (Å²) in [6, 6.07) is 15.8. The Morgan fingerprint density at radius 2 is 1.73 bits per heavy atom. The highest BCUT2D eigenvalue weighted by Crippen LogP contribution is 2.33. The first kappa shape index (κ1) is 28.5. The van der Waals surface area contributed by atoms with Gasteiger partial charge < -0.3 is 19.3 Å². The van der Waals surface area contributed by atoms with Crippen LogP contribution < -0.4 is 14.4 Å². The van der Waals surface area contributed by atoms with Crippen LogP contribution in [0, 0.1) is 0 Å². The highest BCUT2D eigenvalue weighted by atomic mass is 35.5. The monoisotopic (exact) mass is 581 g/mol. The number of amides is 1. The lowest BCUT2D eigenvalue weighted by Gasteiger charge is -2.34. The molecule has 1 fully saturated rings. The molecular formula is C30H36ClN5O3S. The number of hydrogen-bond donors (Lipinski definition) is 0. The Labute approximate surface area is 245 Å². The predicted molar refractivity (Wildman–Crippen MR) is 160 cm³/mol. The Balaban J connectivity index is 1.16. The Kier molecular flexibility index (Phi) is 9.67. The Morgan fingerprint density at radius 1 is 0.950 bits per heavy atom. The van der Waals surface area contributed by atoms with Gasteiger partial charge in [-0.2, -0.15) is 0 Å². The molecule has 3 aromatic rings. The minimum absolute atomic E-state index is 0.0747. The molecule has 2 aromatic carbocycles. The van der Waals surface area contributed by atoms with Crippen LogP contribution in [0.25, 0.3) is 0 Å². The number of benzene rings is 2. The fourth-order valence-corrected chi connectivity index (χ4v) is 6.05. The number of thioether (sulfide) groups is 1.